The molecule has 6 nitrogen and oxygen atoms in total. The predicted octanol–water partition coefficient (Wildman–Crippen LogP) is 0.273. The van der Waals surface area contributed by atoms with Crippen LogP contribution in [0.25, 0.3) is 0 Å². The van der Waals surface area contributed by atoms with Gasteiger partial charge < -0.3 is 4.74 Å². The van der Waals surface area contributed by atoms with Crippen LogP contribution in [0.4, 0.5) is 0 Å². The molecule has 2 saturated heterocycles. The summed E-state index contributed by atoms with van der Waals surface area (Å²) in [5.41, 5.74) is 0. The highest BCUT2D eigenvalue weighted by molar-refractivity contribution is 7.87. The summed E-state index contributed by atoms with van der Waals surface area (Å²) in [6.45, 7) is 9.15. The highest BCUT2D eigenvalue weighted by atomic mass is 32.2. The Bertz CT molecular complexity index is 396. The molecule has 20 heavy (non-hydrogen) atoms. The number of rotatable bonds is 5. The second-order valence-electron chi connectivity index (χ2n) is 5.96. The fourth-order valence-corrected chi connectivity index (χ4v) is 4.28. The lowest BCUT2D eigenvalue weighted by Crippen LogP contribution is -2.51. The van der Waals surface area contributed by atoms with E-state index in [-0.39, 0.29) is 6.04 Å². The van der Waals surface area contributed by atoms with Crippen LogP contribution in [0.2, 0.25) is 0 Å². The van der Waals surface area contributed by atoms with Gasteiger partial charge in [0, 0.05) is 38.8 Å². The van der Waals surface area contributed by atoms with Crippen molar-refractivity contribution < 1.29 is 13.2 Å². The molecule has 0 aromatic heterocycles. The average molecular weight is 305 g/mol. The summed E-state index contributed by atoms with van der Waals surface area (Å²) in [6.07, 6.45) is 2.08. The van der Waals surface area contributed by atoms with Crippen LogP contribution in [0.3, 0.4) is 0 Å². The van der Waals surface area contributed by atoms with Crippen LogP contribution >= 0.6 is 0 Å². The first-order valence-electron chi connectivity index (χ1n) is 7.55. The first-order valence-corrected chi connectivity index (χ1v) is 8.99. The van der Waals surface area contributed by atoms with E-state index < -0.39 is 10.2 Å². The molecule has 0 aromatic carbocycles. The van der Waals surface area contributed by atoms with Gasteiger partial charge in [-0.1, -0.05) is 6.92 Å². The van der Waals surface area contributed by atoms with Gasteiger partial charge in [-0.25, -0.2) is 4.72 Å². The van der Waals surface area contributed by atoms with Crippen molar-refractivity contribution in [2.24, 2.45) is 5.92 Å². The van der Waals surface area contributed by atoms with Crippen LogP contribution in [0.15, 0.2) is 0 Å². The molecule has 2 unspecified atom stereocenters. The second-order valence-corrected chi connectivity index (χ2v) is 7.71. The van der Waals surface area contributed by atoms with E-state index in [1.54, 1.807) is 4.31 Å². The van der Waals surface area contributed by atoms with E-state index in [1.807, 2.05) is 0 Å². The highest BCUT2D eigenvalue weighted by Gasteiger charge is 2.27. The van der Waals surface area contributed by atoms with E-state index >= 15 is 0 Å². The molecule has 0 aromatic rings. The summed E-state index contributed by atoms with van der Waals surface area (Å²) in [5.74, 6) is 0.456. The van der Waals surface area contributed by atoms with Gasteiger partial charge >= 0.3 is 0 Å². The Morgan fingerprint density at radius 1 is 1.30 bits per heavy atom. The van der Waals surface area contributed by atoms with Gasteiger partial charge in [-0.3, -0.25) is 4.90 Å². The molecular weight excluding hydrogens is 278 g/mol. The Labute approximate surface area is 122 Å². The lowest BCUT2D eigenvalue weighted by atomic mass is 10.0. The molecule has 2 rings (SSSR count). The van der Waals surface area contributed by atoms with Crippen molar-refractivity contribution in [3.63, 3.8) is 0 Å². The van der Waals surface area contributed by atoms with Crippen molar-refractivity contribution >= 4 is 10.2 Å². The summed E-state index contributed by atoms with van der Waals surface area (Å²) < 4.78 is 34.2. The normalized spacial score (nSPS) is 28.4. The van der Waals surface area contributed by atoms with Gasteiger partial charge in [-0.05, 0) is 25.7 Å². The minimum absolute atomic E-state index is 0.205. The average Bonchev–Trinajstić information content (AvgIpc) is 2.46. The first-order chi connectivity index (χ1) is 9.49. The van der Waals surface area contributed by atoms with Gasteiger partial charge in [0.15, 0.2) is 0 Å². The second kappa shape index (κ2) is 7.17. The Morgan fingerprint density at radius 3 is 2.65 bits per heavy atom. The molecule has 7 heteroatoms. The number of hydrogen-bond acceptors (Lipinski definition) is 4. The van der Waals surface area contributed by atoms with Crippen molar-refractivity contribution in [3.8, 4) is 0 Å². The fraction of sp³-hybridized carbons (Fsp3) is 1.00. The minimum atomic E-state index is -3.32. The molecule has 2 atom stereocenters. The van der Waals surface area contributed by atoms with E-state index in [9.17, 15) is 8.42 Å². The maximum atomic E-state index is 12.3. The van der Waals surface area contributed by atoms with Crippen LogP contribution in [-0.4, -0.2) is 69.6 Å². The predicted molar refractivity (Wildman–Crippen MR) is 78.7 cm³/mol. The van der Waals surface area contributed by atoms with Gasteiger partial charge in [0.25, 0.3) is 10.2 Å². The van der Waals surface area contributed by atoms with Gasteiger partial charge in [0.1, 0.15) is 0 Å². The lowest BCUT2D eigenvalue weighted by Gasteiger charge is -2.34. The molecule has 0 spiro atoms. The van der Waals surface area contributed by atoms with Crippen molar-refractivity contribution in [1.29, 1.82) is 0 Å². The Morgan fingerprint density at radius 2 is 2.00 bits per heavy atom. The number of nitrogens with zero attached hydrogens (tertiary/aromatic N) is 2. The van der Waals surface area contributed by atoms with Crippen molar-refractivity contribution in [2.45, 2.75) is 32.7 Å². The number of morpholine rings is 1. The third kappa shape index (κ3) is 4.39. The number of ether oxygens (including phenoxy) is 1. The Balaban J connectivity index is 1.82. The molecule has 0 bridgehead atoms. The number of nitrogens with one attached hydrogen (secondary N) is 1. The summed E-state index contributed by atoms with van der Waals surface area (Å²) >= 11 is 0. The van der Waals surface area contributed by atoms with Crippen LogP contribution in [-0.2, 0) is 14.9 Å². The van der Waals surface area contributed by atoms with Crippen LogP contribution < -0.4 is 4.72 Å². The quantitative estimate of drug-likeness (QED) is 0.792. The maximum Gasteiger partial charge on any atom is 0.279 e. The lowest BCUT2D eigenvalue weighted by molar-refractivity contribution is 0.0213. The molecule has 2 aliphatic heterocycles. The van der Waals surface area contributed by atoms with E-state index in [0.29, 0.717) is 25.6 Å². The Hall–Kier alpha value is -0.210. The topological polar surface area (TPSA) is 61.9 Å². The Kier molecular flexibility index (Phi) is 5.80. The number of hydrogen-bond donors (Lipinski definition) is 1. The van der Waals surface area contributed by atoms with E-state index in [1.165, 1.54) is 0 Å². The first kappa shape index (κ1) is 16.2. The van der Waals surface area contributed by atoms with Gasteiger partial charge in [0.05, 0.1) is 13.2 Å². The summed E-state index contributed by atoms with van der Waals surface area (Å²) in [4.78, 5) is 2.27. The molecule has 2 fully saturated rings. The summed E-state index contributed by atoms with van der Waals surface area (Å²) in [5, 5.41) is 0. The summed E-state index contributed by atoms with van der Waals surface area (Å²) in [6, 6.07) is 0.205. The van der Waals surface area contributed by atoms with Crippen molar-refractivity contribution in [3.05, 3.63) is 0 Å². The van der Waals surface area contributed by atoms with Gasteiger partial charge in [0.2, 0.25) is 0 Å². The molecule has 0 amide bonds. The van der Waals surface area contributed by atoms with Crippen LogP contribution in [0.5, 0.6) is 0 Å². The molecule has 2 heterocycles. The molecule has 1 N–H and O–H groups in total. The monoisotopic (exact) mass is 305 g/mol. The zero-order valence-electron chi connectivity index (χ0n) is 12.5. The van der Waals surface area contributed by atoms with E-state index in [2.05, 4.69) is 23.5 Å². The molecule has 118 valence electrons. The minimum Gasteiger partial charge on any atom is -0.379 e. The zero-order valence-corrected chi connectivity index (χ0v) is 13.4. The third-order valence-electron chi connectivity index (χ3n) is 4.19. The van der Waals surface area contributed by atoms with Gasteiger partial charge in [-0.15, -0.1) is 0 Å². The largest absolute Gasteiger partial charge is 0.379 e. The van der Waals surface area contributed by atoms with Crippen molar-refractivity contribution in [2.75, 3.05) is 45.9 Å². The molecule has 2 aliphatic rings. The molecule has 0 saturated carbocycles. The van der Waals surface area contributed by atoms with Crippen molar-refractivity contribution in [1.82, 2.24) is 13.9 Å². The SMILES string of the molecule is CC1CCCN(S(=O)(=O)NCC(C)N2CCOCC2)C1. The van der Waals surface area contributed by atoms with Crippen LogP contribution in [0, 0.1) is 5.92 Å². The van der Waals surface area contributed by atoms with Gasteiger partial charge in [-0.2, -0.15) is 12.7 Å². The fourth-order valence-electron chi connectivity index (χ4n) is 2.83. The summed E-state index contributed by atoms with van der Waals surface area (Å²) in [7, 11) is -3.32. The standard InChI is InChI=1S/C13H27N3O3S/c1-12-4-3-5-16(11-12)20(17,18)14-10-13(2)15-6-8-19-9-7-15/h12-14H,3-11H2,1-2H3. The van der Waals surface area contributed by atoms with Crippen LogP contribution in [0.1, 0.15) is 26.7 Å². The van der Waals surface area contributed by atoms with E-state index in [0.717, 1.165) is 39.1 Å². The molecule has 0 radical (unpaired) electrons. The third-order valence-corrected chi connectivity index (χ3v) is 5.73. The molecule has 0 aliphatic carbocycles. The molecular formula is C13H27N3O3S. The highest BCUT2D eigenvalue weighted by Crippen LogP contribution is 2.17. The number of piperidine rings is 1. The maximum absolute atomic E-state index is 12.3. The van der Waals surface area contributed by atoms with E-state index in [4.69, 9.17) is 4.74 Å². The zero-order chi connectivity index (χ0) is 14.6. The smallest absolute Gasteiger partial charge is 0.279 e.